The van der Waals surface area contributed by atoms with E-state index in [1.54, 1.807) is 0 Å². The van der Waals surface area contributed by atoms with E-state index in [4.69, 9.17) is 0 Å². The zero-order valence-electron chi connectivity index (χ0n) is 12.9. The van der Waals surface area contributed by atoms with E-state index in [-0.39, 0.29) is 11.3 Å². The van der Waals surface area contributed by atoms with E-state index in [0.717, 1.165) is 18.5 Å². The second kappa shape index (κ2) is 5.57. The number of aliphatic hydroxyl groups is 1. The number of carbonyl (C=O) groups excluding carboxylic acids is 1. The molecular weight excluding hydrogens is 250 g/mol. The lowest BCUT2D eigenvalue weighted by Crippen LogP contribution is -2.35. The number of rotatable bonds is 2. The van der Waals surface area contributed by atoms with E-state index in [1.807, 2.05) is 38.7 Å². The summed E-state index contributed by atoms with van der Waals surface area (Å²) in [4.78, 5) is 13.7. The predicted molar refractivity (Wildman–Crippen MR) is 80.3 cm³/mol. The van der Waals surface area contributed by atoms with Gasteiger partial charge in [-0.1, -0.05) is 45.9 Å². The molecule has 1 aromatic carbocycles. The molecule has 1 unspecified atom stereocenters. The van der Waals surface area contributed by atoms with Crippen LogP contribution in [0.15, 0.2) is 18.2 Å². The topological polar surface area (TPSA) is 40.5 Å². The highest BCUT2D eigenvalue weighted by atomic mass is 16.3. The van der Waals surface area contributed by atoms with Gasteiger partial charge in [-0.2, -0.15) is 0 Å². The lowest BCUT2D eigenvalue weighted by Gasteiger charge is -2.31. The Morgan fingerprint density at radius 2 is 2.05 bits per heavy atom. The van der Waals surface area contributed by atoms with E-state index in [9.17, 15) is 9.90 Å². The van der Waals surface area contributed by atoms with Crippen LogP contribution in [0.25, 0.3) is 0 Å². The fraction of sp³-hybridized carbons (Fsp3) is 0.588. The summed E-state index contributed by atoms with van der Waals surface area (Å²) in [6, 6.07) is 6.19. The van der Waals surface area contributed by atoms with Crippen molar-refractivity contribution >= 4 is 5.91 Å². The van der Waals surface area contributed by atoms with Gasteiger partial charge in [-0.15, -0.1) is 0 Å². The van der Waals surface area contributed by atoms with Gasteiger partial charge in [0.2, 0.25) is 5.91 Å². The van der Waals surface area contributed by atoms with Crippen LogP contribution in [0, 0.1) is 5.41 Å². The van der Waals surface area contributed by atoms with Gasteiger partial charge in [-0.25, -0.2) is 0 Å². The molecule has 0 aromatic heterocycles. The molecule has 0 radical (unpaired) electrons. The highest BCUT2D eigenvalue weighted by Crippen LogP contribution is 2.34. The molecule has 20 heavy (non-hydrogen) atoms. The van der Waals surface area contributed by atoms with Gasteiger partial charge in [-0.3, -0.25) is 4.79 Å². The Morgan fingerprint density at radius 1 is 1.35 bits per heavy atom. The third kappa shape index (κ3) is 3.04. The van der Waals surface area contributed by atoms with Crippen LogP contribution >= 0.6 is 0 Å². The van der Waals surface area contributed by atoms with Crippen molar-refractivity contribution in [3.8, 4) is 0 Å². The first-order chi connectivity index (χ1) is 9.32. The Balaban J connectivity index is 2.25. The Bertz CT molecular complexity index is 502. The summed E-state index contributed by atoms with van der Waals surface area (Å²) in [5.41, 5.74) is 3.25. The van der Waals surface area contributed by atoms with E-state index in [1.165, 1.54) is 11.1 Å². The molecule has 0 fully saturated rings. The lowest BCUT2D eigenvalue weighted by atomic mass is 9.83. The average Bonchev–Trinajstić information content (AvgIpc) is 2.43. The molecule has 3 nitrogen and oxygen atoms in total. The van der Waals surface area contributed by atoms with Gasteiger partial charge >= 0.3 is 0 Å². The van der Waals surface area contributed by atoms with Gasteiger partial charge in [0, 0.05) is 19.5 Å². The summed E-state index contributed by atoms with van der Waals surface area (Å²) in [5, 5.41) is 10.4. The molecule has 3 heteroatoms. The van der Waals surface area contributed by atoms with Gasteiger partial charge in [0.1, 0.15) is 0 Å². The quantitative estimate of drug-likeness (QED) is 0.901. The van der Waals surface area contributed by atoms with E-state index < -0.39 is 6.10 Å². The van der Waals surface area contributed by atoms with E-state index in [2.05, 4.69) is 12.1 Å². The smallest absolute Gasteiger partial charge is 0.222 e. The molecule has 1 atom stereocenters. The first kappa shape index (κ1) is 15.0. The molecule has 1 heterocycles. The lowest BCUT2D eigenvalue weighted by molar-refractivity contribution is -0.131. The molecular formula is C17H25NO2. The molecule has 1 aromatic rings. The monoisotopic (exact) mass is 275 g/mol. The van der Waals surface area contributed by atoms with Gasteiger partial charge in [-0.05, 0) is 28.5 Å². The molecule has 1 amide bonds. The first-order valence-corrected chi connectivity index (χ1v) is 7.40. The summed E-state index contributed by atoms with van der Waals surface area (Å²) < 4.78 is 0. The second-order valence-electron chi connectivity index (χ2n) is 6.72. The molecule has 0 spiro atoms. The average molecular weight is 275 g/mol. The van der Waals surface area contributed by atoms with Crippen molar-refractivity contribution in [2.45, 2.75) is 53.2 Å². The molecule has 0 bridgehead atoms. The number of benzene rings is 1. The van der Waals surface area contributed by atoms with E-state index >= 15 is 0 Å². The SMILES string of the molecule is CCC(=O)N1CCc2ccc(C(O)C(C)(C)C)cc2C1. The largest absolute Gasteiger partial charge is 0.388 e. The van der Waals surface area contributed by atoms with Crippen LogP contribution in [0.2, 0.25) is 0 Å². The fourth-order valence-electron chi connectivity index (χ4n) is 2.68. The van der Waals surface area contributed by atoms with Crippen molar-refractivity contribution in [3.63, 3.8) is 0 Å². The fourth-order valence-corrected chi connectivity index (χ4v) is 2.68. The molecule has 110 valence electrons. The van der Waals surface area contributed by atoms with Crippen LogP contribution in [0.3, 0.4) is 0 Å². The Morgan fingerprint density at radius 3 is 2.65 bits per heavy atom. The zero-order chi connectivity index (χ0) is 14.9. The van der Waals surface area contributed by atoms with Crippen LogP contribution in [-0.4, -0.2) is 22.5 Å². The maximum Gasteiger partial charge on any atom is 0.222 e. The van der Waals surface area contributed by atoms with Crippen LogP contribution in [0.4, 0.5) is 0 Å². The number of carbonyl (C=O) groups is 1. The molecule has 1 N–H and O–H groups in total. The summed E-state index contributed by atoms with van der Waals surface area (Å²) >= 11 is 0. The number of aliphatic hydroxyl groups excluding tert-OH is 1. The van der Waals surface area contributed by atoms with Crippen LogP contribution in [0.5, 0.6) is 0 Å². The minimum Gasteiger partial charge on any atom is -0.388 e. The highest BCUT2D eigenvalue weighted by molar-refractivity contribution is 5.76. The number of hydrogen-bond donors (Lipinski definition) is 1. The minimum absolute atomic E-state index is 0.179. The third-order valence-electron chi connectivity index (χ3n) is 4.03. The first-order valence-electron chi connectivity index (χ1n) is 7.40. The number of amides is 1. The van der Waals surface area contributed by atoms with Gasteiger partial charge in [0.25, 0.3) is 0 Å². The second-order valence-corrected chi connectivity index (χ2v) is 6.72. The minimum atomic E-state index is -0.481. The van der Waals surface area contributed by atoms with E-state index in [0.29, 0.717) is 13.0 Å². The van der Waals surface area contributed by atoms with Gasteiger partial charge < -0.3 is 10.0 Å². The molecule has 0 saturated heterocycles. The van der Waals surface area contributed by atoms with Crippen molar-refractivity contribution < 1.29 is 9.90 Å². The number of nitrogens with zero attached hydrogens (tertiary/aromatic N) is 1. The van der Waals surface area contributed by atoms with Crippen molar-refractivity contribution in [1.82, 2.24) is 4.90 Å². The molecule has 1 aliphatic heterocycles. The van der Waals surface area contributed by atoms with Crippen molar-refractivity contribution in [2.75, 3.05) is 6.54 Å². The molecule has 2 rings (SSSR count). The zero-order valence-corrected chi connectivity index (χ0v) is 12.9. The Labute approximate surface area is 121 Å². The van der Waals surface area contributed by atoms with Crippen molar-refractivity contribution in [3.05, 3.63) is 34.9 Å². The van der Waals surface area contributed by atoms with Gasteiger partial charge in [0.05, 0.1) is 6.10 Å². The number of hydrogen-bond acceptors (Lipinski definition) is 2. The maximum absolute atomic E-state index is 11.8. The molecule has 0 saturated carbocycles. The maximum atomic E-state index is 11.8. The Kier molecular flexibility index (Phi) is 4.19. The summed E-state index contributed by atoms with van der Waals surface area (Å²) in [6.07, 6.45) is 0.983. The van der Waals surface area contributed by atoms with Crippen LogP contribution in [-0.2, 0) is 17.8 Å². The molecule has 0 aliphatic carbocycles. The number of fused-ring (bicyclic) bond motifs is 1. The van der Waals surface area contributed by atoms with Crippen LogP contribution in [0.1, 0.15) is 56.9 Å². The van der Waals surface area contributed by atoms with Crippen LogP contribution < -0.4 is 0 Å². The predicted octanol–water partition coefficient (Wildman–Crippen LogP) is 3.06. The van der Waals surface area contributed by atoms with Crippen molar-refractivity contribution in [2.24, 2.45) is 5.41 Å². The third-order valence-corrected chi connectivity index (χ3v) is 4.03. The normalized spacial score (nSPS) is 16.8. The Hall–Kier alpha value is -1.35. The summed E-state index contributed by atoms with van der Waals surface area (Å²) in [5.74, 6) is 0.206. The highest BCUT2D eigenvalue weighted by Gasteiger charge is 2.26. The molecule has 1 aliphatic rings. The summed E-state index contributed by atoms with van der Waals surface area (Å²) in [7, 11) is 0. The van der Waals surface area contributed by atoms with Crippen molar-refractivity contribution in [1.29, 1.82) is 0 Å². The standard InChI is InChI=1S/C17H25NO2/c1-5-15(19)18-9-8-12-6-7-13(10-14(12)11-18)16(20)17(2,3)4/h6-7,10,16,20H,5,8-9,11H2,1-4H3. The van der Waals surface area contributed by atoms with Gasteiger partial charge in [0.15, 0.2) is 0 Å². The summed E-state index contributed by atoms with van der Waals surface area (Å²) in [6.45, 7) is 9.48.